The Labute approximate surface area is 154 Å². The lowest BCUT2D eigenvalue weighted by Crippen LogP contribution is -2.31. The first-order chi connectivity index (χ1) is 12.3. The average Bonchev–Trinajstić information content (AvgIpc) is 2.69. The summed E-state index contributed by atoms with van der Waals surface area (Å²) in [6.45, 7) is 8.53. The molecule has 2 N–H and O–H groups in total. The number of fused-ring (bicyclic) bond motifs is 1. The zero-order valence-corrected chi connectivity index (χ0v) is 15.8. The van der Waals surface area contributed by atoms with Crippen molar-refractivity contribution in [3.05, 3.63) is 64.6 Å². The summed E-state index contributed by atoms with van der Waals surface area (Å²) in [6.07, 6.45) is 5.03. The van der Waals surface area contributed by atoms with Crippen LogP contribution in [0.1, 0.15) is 49.4 Å². The monoisotopic (exact) mass is 347 g/mol. The number of Topliss-reactive ketones (excluding diaryl/α,β-unsaturated/α-hetero) is 1. The Morgan fingerprint density at radius 2 is 1.92 bits per heavy atom. The van der Waals surface area contributed by atoms with Crippen molar-refractivity contribution in [2.45, 2.75) is 46.6 Å². The third-order valence-corrected chi connectivity index (χ3v) is 5.35. The molecule has 0 spiro atoms. The average molecular weight is 347 g/mol. The maximum atomic E-state index is 13.2. The molecule has 1 unspecified atom stereocenters. The third-order valence-electron chi connectivity index (χ3n) is 5.35. The van der Waals surface area contributed by atoms with Crippen molar-refractivity contribution in [1.29, 1.82) is 0 Å². The van der Waals surface area contributed by atoms with E-state index in [1.165, 1.54) is 11.1 Å². The van der Waals surface area contributed by atoms with Crippen LogP contribution in [0.5, 0.6) is 0 Å². The Hall–Kier alpha value is -2.62. The number of aryl methyl sites for hydroxylation is 2. The smallest absolute Gasteiger partial charge is 0.163 e. The van der Waals surface area contributed by atoms with Crippen molar-refractivity contribution in [2.24, 2.45) is 5.41 Å². The van der Waals surface area contributed by atoms with Gasteiger partial charge in [-0.05, 0) is 42.9 Å². The maximum absolute atomic E-state index is 13.2. The van der Waals surface area contributed by atoms with Gasteiger partial charge in [0, 0.05) is 23.9 Å². The highest BCUT2D eigenvalue weighted by Crippen LogP contribution is 2.45. The molecule has 0 saturated heterocycles. The van der Waals surface area contributed by atoms with Gasteiger partial charge in [0.1, 0.15) is 0 Å². The first-order valence-corrected chi connectivity index (χ1v) is 9.15. The molecule has 134 valence electrons. The number of anilines is 2. The molecule has 1 aromatic heterocycles. The molecule has 4 rings (SSSR count). The van der Waals surface area contributed by atoms with Crippen LogP contribution in [0.4, 0.5) is 11.4 Å². The van der Waals surface area contributed by atoms with Crippen LogP contribution in [0, 0.1) is 19.3 Å². The van der Waals surface area contributed by atoms with Crippen molar-refractivity contribution in [2.75, 3.05) is 10.6 Å². The fourth-order valence-electron chi connectivity index (χ4n) is 4.17. The molecule has 1 aliphatic carbocycles. The Kier molecular flexibility index (Phi) is 3.87. The van der Waals surface area contributed by atoms with Crippen molar-refractivity contribution in [3.63, 3.8) is 0 Å². The molecule has 26 heavy (non-hydrogen) atoms. The van der Waals surface area contributed by atoms with Gasteiger partial charge < -0.3 is 10.6 Å². The summed E-state index contributed by atoms with van der Waals surface area (Å²) >= 11 is 0. The maximum Gasteiger partial charge on any atom is 0.163 e. The van der Waals surface area contributed by atoms with Crippen molar-refractivity contribution < 1.29 is 4.79 Å². The fourth-order valence-corrected chi connectivity index (χ4v) is 4.17. The van der Waals surface area contributed by atoms with E-state index < -0.39 is 0 Å². The summed E-state index contributed by atoms with van der Waals surface area (Å²) in [6, 6.07) is 8.26. The highest BCUT2D eigenvalue weighted by atomic mass is 16.1. The molecule has 1 aromatic carbocycles. The second-order valence-corrected chi connectivity index (χ2v) is 8.32. The van der Waals surface area contributed by atoms with Crippen LogP contribution in [0.25, 0.3) is 0 Å². The summed E-state index contributed by atoms with van der Waals surface area (Å²) in [7, 11) is 0. The molecule has 2 aliphatic rings. The van der Waals surface area contributed by atoms with E-state index in [0.29, 0.717) is 6.42 Å². The number of hydrogen-bond donors (Lipinski definition) is 2. The van der Waals surface area contributed by atoms with E-state index in [2.05, 4.69) is 61.5 Å². The number of hydrogen-bond acceptors (Lipinski definition) is 4. The van der Waals surface area contributed by atoms with Gasteiger partial charge in [0.2, 0.25) is 0 Å². The molecule has 4 nitrogen and oxygen atoms in total. The molecule has 0 saturated carbocycles. The van der Waals surface area contributed by atoms with Crippen LogP contribution in [0.15, 0.2) is 47.9 Å². The van der Waals surface area contributed by atoms with Gasteiger partial charge >= 0.3 is 0 Å². The normalized spacial score (nSPS) is 21.2. The molecule has 0 radical (unpaired) electrons. The molecule has 2 aromatic rings. The van der Waals surface area contributed by atoms with Crippen molar-refractivity contribution in [1.82, 2.24) is 4.98 Å². The summed E-state index contributed by atoms with van der Waals surface area (Å²) in [5.41, 5.74) is 7.34. The van der Waals surface area contributed by atoms with Crippen LogP contribution < -0.4 is 10.6 Å². The Balaban J connectivity index is 1.91. The summed E-state index contributed by atoms with van der Waals surface area (Å²) in [5.74, 6) is 0.224. The van der Waals surface area contributed by atoms with E-state index in [9.17, 15) is 4.79 Å². The zero-order valence-electron chi connectivity index (χ0n) is 15.8. The van der Waals surface area contributed by atoms with Crippen LogP contribution in [0.2, 0.25) is 0 Å². The quantitative estimate of drug-likeness (QED) is 0.769. The number of aromatic nitrogens is 1. The number of nitrogens with one attached hydrogen (secondary N) is 2. The predicted octanol–water partition coefficient (Wildman–Crippen LogP) is 4.92. The van der Waals surface area contributed by atoms with Gasteiger partial charge in [0.15, 0.2) is 5.78 Å². The summed E-state index contributed by atoms with van der Waals surface area (Å²) < 4.78 is 0. The Morgan fingerprint density at radius 1 is 1.12 bits per heavy atom. The molecule has 0 bridgehead atoms. The number of carbonyl (C=O) groups is 1. The number of rotatable bonds is 1. The van der Waals surface area contributed by atoms with Crippen LogP contribution in [-0.2, 0) is 4.79 Å². The van der Waals surface area contributed by atoms with E-state index in [0.717, 1.165) is 34.6 Å². The molecular formula is C22H25N3O. The molecule has 4 heteroatoms. The number of benzene rings is 1. The molecule has 1 atom stereocenters. The van der Waals surface area contributed by atoms with Gasteiger partial charge in [0.25, 0.3) is 0 Å². The number of nitrogens with zero attached hydrogens (tertiary/aromatic N) is 1. The molecular weight excluding hydrogens is 322 g/mol. The molecule has 2 heterocycles. The fraction of sp³-hybridized carbons (Fsp3) is 0.364. The highest BCUT2D eigenvalue weighted by molar-refractivity contribution is 6.01. The lowest BCUT2D eigenvalue weighted by molar-refractivity contribution is -0.118. The van der Waals surface area contributed by atoms with Gasteiger partial charge in [-0.1, -0.05) is 37.6 Å². The summed E-state index contributed by atoms with van der Waals surface area (Å²) in [5, 5.41) is 7.12. The number of carbonyl (C=O) groups excluding carboxylic acids is 1. The minimum absolute atomic E-state index is 0.0392. The second kappa shape index (κ2) is 5.97. The van der Waals surface area contributed by atoms with Gasteiger partial charge in [-0.15, -0.1) is 0 Å². The summed E-state index contributed by atoms with van der Waals surface area (Å²) in [4.78, 5) is 17.4. The van der Waals surface area contributed by atoms with Crippen LogP contribution in [0.3, 0.4) is 0 Å². The van der Waals surface area contributed by atoms with E-state index in [1.54, 1.807) is 6.20 Å². The van der Waals surface area contributed by atoms with Gasteiger partial charge in [-0.2, -0.15) is 0 Å². The number of ketones is 1. The van der Waals surface area contributed by atoms with E-state index in [1.807, 2.05) is 12.3 Å². The van der Waals surface area contributed by atoms with E-state index in [4.69, 9.17) is 0 Å². The SMILES string of the molecule is Cc1ccc(C2Nc3ccncc3NC3=C2C(=O)CC(C)(C)C3)c(C)c1. The standard InChI is InChI=1S/C22H25N3O/c1-13-5-6-15(14(2)9-13)21-20-17(10-22(3,4)11-19(20)26)24-18-12-23-8-7-16(18)25-21/h5-9,12,21,24-25H,10-11H2,1-4H3. The molecule has 0 fully saturated rings. The highest BCUT2D eigenvalue weighted by Gasteiger charge is 2.39. The molecule has 1 aliphatic heterocycles. The van der Waals surface area contributed by atoms with Crippen molar-refractivity contribution in [3.8, 4) is 0 Å². The zero-order chi connectivity index (χ0) is 18.5. The first-order valence-electron chi connectivity index (χ1n) is 9.15. The third kappa shape index (κ3) is 2.90. The first kappa shape index (κ1) is 16.8. The number of pyridine rings is 1. The minimum Gasteiger partial charge on any atom is -0.372 e. The lowest BCUT2D eigenvalue weighted by Gasteiger charge is -2.34. The van der Waals surface area contributed by atoms with Crippen LogP contribution in [-0.4, -0.2) is 10.8 Å². The minimum atomic E-state index is -0.148. The molecule has 0 amide bonds. The van der Waals surface area contributed by atoms with Gasteiger partial charge in [-0.25, -0.2) is 0 Å². The number of allylic oxidation sites excluding steroid dienone is 1. The largest absolute Gasteiger partial charge is 0.372 e. The topological polar surface area (TPSA) is 54.0 Å². The van der Waals surface area contributed by atoms with Crippen molar-refractivity contribution >= 4 is 17.2 Å². The van der Waals surface area contributed by atoms with E-state index in [-0.39, 0.29) is 17.2 Å². The van der Waals surface area contributed by atoms with Gasteiger partial charge in [-0.3, -0.25) is 9.78 Å². The van der Waals surface area contributed by atoms with Crippen LogP contribution >= 0.6 is 0 Å². The van der Waals surface area contributed by atoms with E-state index >= 15 is 0 Å². The predicted molar refractivity (Wildman–Crippen MR) is 105 cm³/mol. The Bertz CT molecular complexity index is 927. The van der Waals surface area contributed by atoms with Gasteiger partial charge in [0.05, 0.1) is 23.6 Å². The lowest BCUT2D eigenvalue weighted by atomic mass is 9.73. The Morgan fingerprint density at radius 3 is 2.69 bits per heavy atom. The second-order valence-electron chi connectivity index (χ2n) is 8.32.